The highest BCUT2D eigenvalue weighted by molar-refractivity contribution is 6.44. The summed E-state index contributed by atoms with van der Waals surface area (Å²) in [6, 6.07) is 11.0. The molecule has 0 unspecified atom stereocenters. The van der Waals surface area contributed by atoms with E-state index in [1.807, 2.05) is 0 Å². The maximum atomic E-state index is 14.3. The number of halogens is 1. The molecule has 3 aromatic rings. The Kier molecular flexibility index (Phi) is 6.78. The Morgan fingerprint density at radius 3 is 2.28 bits per heavy atom. The summed E-state index contributed by atoms with van der Waals surface area (Å²) in [5.74, 6) is -2.46. The molecule has 0 aliphatic carbocycles. The Bertz CT molecular complexity index is 1340. The third kappa shape index (κ3) is 5.22. The maximum absolute atomic E-state index is 14.3. The molecule has 9 nitrogen and oxygen atoms in total. The molecule has 3 amide bonds. The minimum absolute atomic E-state index is 0.0197. The van der Waals surface area contributed by atoms with Crippen LogP contribution in [0.5, 0.6) is 0 Å². The summed E-state index contributed by atoms with van der Waals surface area (Å²) in [5, 5.41) is 2.69. The van der Waals surface area contributed by atoms with Crippen molar-refractivity contribution in [3.05, 3.63) is 65.6 Å². The number of anilines is 1. The van der Waals surface area contributed by atoms with Gasteiger partial charge in [-0.1, -0.05) is 18.2 Å². The highest BCUT2D eigenvalue weighted by Gasteiger charge is 2.31. The lowest BCUT2D eigenvalue weighted by molar-refractivity contribution is -0.127. The van der Waals surface area contributed by atoms with Gasteiger partial charge in [0.1, 0.15) is 11.4 Å². The van der Waals surface area contributed by atoms with E-state index >= 15 is 0 Å². The molecular formula is C26H27FN4O5. The minimum Gasteiger partial charge on any atom is -0.444 e. The van der Waals surface area contributed by atoms with Crippen LogP contribution in [0.4, 0.5) is 14.9 Å². The van der Waals surface area contributed by atoms with E-state index in [9.17, 15) is 23.6 Å². The number of carbonyl (C=O) groups excluding carboxylic acids is 4. The number of benzene rings is 2. The van der Waals surface area contributed by atoms with Crippen molar-refractivity contribution in [1.29, 1.82) is 0 Å². The Morgan fingerprint density at radius 1 is 0.917 bits per heavy atom. The predicted molar refractivity (Wildman–Crippen MR) is 131 cm³/mol. The molecule has 0 radical (unpaired) electrons. The summed E-state index contributed by atoms with van der Waals surface area (Å²) in [4.78, 5) is 56.8. The maximum Gasteiger partial charge on any atom is 0.412 e. The van der Waals surface area contributed by atoms with Crippen molar-refractivity contribution in [2.24, 2.45) is 0 Å². The van der Waals surface area contributed by atoms with E-state index in [4.69, 9.17) is 4.74 Å². The van der Waals surface area contributed by atoms with Crippen LogP contribution in [-0.2, 0) is 9.53 Å². The monoisotopic (exact) mass is 494 g/mol. The van der Waals surface area contributed by atoms with Crippen molar-refractivity contribution < 1.29 is 28.3 Å². The number of para-hydroxylation sites is 1. The minimum atomic E-state index is -0.807. The first kappa shape index (κ1) is 24.9. The standard InChI is InChI=1S/C26H27FN4O5/c1-26(2,3)36-25(35)29-19-9-5-4-7-16(19)23(33)30-11-13-31(14-12-30)24(34)22(32)17-15-28-20-10-6-8-18(27)21(17)20/h4-10,15,28H,11-14H2,1-3H3,(H,29,35). The average molecular weight is 495 g/mol. The summed E-state index contributed by atoms with van der Waals surface area (Å²) in [5.41, 5.74) is 0.316. The zero-order valence-electron chi connectivity index (χ0n) is 20.3. The summed E-state index contributed by atoms with van der Waals surface area (Å²) in [6.45, 7) is 5.89. The highest BCUT2D eigenvalue weighted by Crippen LogP contribution is 2.23. The number of nitrogens with zero attached hydrogens (tertiary/aromatic N) is 2. The quantitative estimate of drug-likeness (QED) is 0.423. The highest BCUT2D eigenvalue weighted by atomic mass is 19.1. The van der Waals surface area contributed by atoms with Crippen molar-refractivity contribution in [3.63, 3.8) is 0 Å². The fourth-order valence-corrected chi connectivity index (χ4v) is 4.05. The second-order valence-corrected chi connectivity index (χ2v) is 9.45. The van der Waals surface area contributed by atoms with Crippen LogP contribution in [0.2, 0.25) is 0 Å². The van der Waals surface area contributed by atoms with E-state index in [1.165, 1.54) is 23.2 Å². The second kappa shape index (κ2) is 9.80. The number of fused-ring (bicyclic) bond motifs is 1. The number of amides is 3. The summed E-state index contributed by atoms with van der Waals surface area (Å²) in [6.07, 6.45) is 0.660. The third-order valence-electron chi connectivity index (χ3n) is 5.74. The van der Waals surface area contributed by atoms with Crippen LogP contribution in [0.3, 0.4) is 0 Å². The van der Waals surface area contributed by atoms with Gasteiger partial charge in [0, 0.05) is 43.3 Å². The molecule has 0 spiro atoms. The van der Waals surface area contributed by atoms with Gasteiger partial charge < -0.3 is 19.5 Å². The number of ether oxygens (including phenoxy) is 1. The van der Waals surface area contributed by atoms with E-state index in [-0.39, 0.29) is 48.6 Å². The van der Waals surface area contributed by atoms with Gasteiger partial charge in [-0.2, -0.15) is 0 Å². The van der Waals surface area contributed by atoms with Crippen LogP contribution in [0, 0.1) is 5.82 Å². The normalized spacial score (nSPS) is 14.0. The second-order valence-electron chi connectivity index (χ2n) is 9.45. The van der Waals surface area contributed by atoms with Crippen LogP contribution in [0.1, 0.15) is 41.5 Å². The number of rotatable bonds is 4. The lowest BCUT2D eigenvalue weighted by Crippen LogP contribution is -2.52. The van der Waals surface area contributed by atoms with E-state index in [2.05, 4.69) is 10.3 Å². The molecule has 1 fully saturated rings. The van der Waals surface area contributed by atoms with E-state index < -0.39 is 29.2 Å². The largest absolute Gasteiger partial charge is 0.444 e. The molecule has 1 aliphatic heterocycles. The Morgan fingerprint density at radius 2 is 1.58 bits per heavy atom. The lowest BCUT2D eigenvalue weighted by Gasteiger charge is -2.34. The Hall–Kier alpha value is -4.21. The number of aromatic nitrogens is 1. The molecule has 0 saturated carbocycles. The zero-order valence-corrected chi connectivity index (χ0v) is 20.3. The molecule has 0 atom stereocenters. The lowest BCUT2D eigenvalue weighted by atomic mass is 10.1. The zero-order chi connectivity index (χ0) is 26.0. The van der Waals surface area contributed by atoms with Crippen molar-refractivity contribution in [3.8, 4) is 0 Å². The van der Waals surface area contributed by atoms with Gasteiger partial charge in [0.2, 0.25) is 0 Å². The Labute approximate surface area is 207 Å². The van der Waals surface area contributed by atoms with Gasteiger partial charge in [-0.25, -0.2) is 9.18 Å². The van der Waals surface area contributed by atoms with Gasteiger partial charge in [0.25, 0.3) is 17.6 Å². The molecule has 0 bridgehead atoms. The SMILES string of the molecule is CC(C)(C)OC(=O)Nc1ccccc1C(=O)N1CCN(C(=O)C(=O)c2c[nH]c3cccc(F)c23)CC1. The molecular weight excluding hydrogens is 467 g/mol. The molecule has 1 saturated heterocycles. The van der Waals surface area contributed by atoms with Crippen LogP contribution in [0.15, 0.2) is 48.7 Å². The molecule has 4 rings (SSSR count). The molecule has 2 N–H and O–H groups in total. The fraction of sp³-hybridized carbons (Fsp3) is 0.308. The number of H-pyrrole nitrogens is 1. The number of aromatic amines is 1. The summed E-state index contributed by atoms with van der Waals surface area (Å²) in [7, 11) is 0. The first-order chi connectivity index (χ1) is 17.0. The molecule has 10 heteroatoms. The van der Waals surface area contributed by atoms with Gasteiger partial charge in [-0.05, 0) is 45.0 Å². The number of Topliss-reactive ketones (excluding diaryl/α,β-unsaturated/α-hetero) is 1. The smallest absolute Gasteiger partial charge is 0.412 e. The van der Waals surface area contributed by atoms with Crippen molar-refractivity contribution in [1.82, 2.24) is 14.8 Å². The van der Waals surface area contributed by atoms with Crippen molar-refractivity contribution >= 4 is 40.3 Å². The third-order valence-corrected chi connectivity index (χ3v) is 5.74. The molecule has 188 valence electrons. The average Bonchev–Trinajstić information content (AvgIpc) is 3.27. The summed E-state index contributed by atoms with van der Waals surface area (Å²) >= 11 is 0. The van der Waals surface area contributed by atoms with Crippen molar-refractivity contribution in [2.45, 2.75) is 26.4 Å². The van der Waals surface area contributed by atoms with Gasteiger partial charge in [0.15, 0.2) is 0 Å². The van der Waals surface area contributed by atoms with Crippen molar-refractivity contribution in [2.75, 3.05) is 31.5 Å². The first-order valence-corrected chi connectivity index (χ1v) is 11.5. The van der Waals surface area contributed by atoms with Crippen LogP contribution in [-0.4, -0.2) is 70.3 Å². The number of hydrogen-bond acceptors (Lipinski definition) is 5. The van der Waals surface area contributed by atoms with E-state index in [0.29, 0.717) is 11.2 Å². The molecule has 1 aliphatic rings. The Balaban J connectivity index is 1.41. The number of hydrogen-bond donors (Lipinski definition) is 2. The molecule has 2 heterocycles. The first-order valence-electron chi connectivity index (χ1n) is 11.5. The molecule has 1 aromatic heterocycles. The summed E-state index contributed by atoms with van der Waals surface area (Å²) < 4.78 is 19.5. The fourth-order valence-electron chi connectivity index (χ4n) is 4.05. The van der Waals surface area contributed by atoms with Gasteiger partial charge in [0.05, 0.1) is 16.8 Å². The number of ketones is 1. The number of piperazine rings is 1. The van der Waals surface area contributed by atoms with Gasteiger partial charge >= 0.3 is 6.09 Å². The topological polar surface area (TPSA) is 112 Å². The van der Waals surface area contributed by atoms with Gasteiger partial charge in [-0.3, -0.25) is 19.7 Å². The number of nitrogens with one attached hydrogen (secondary N) is 2. The predicted octanol–water partition coefficient (Wildman–Crippen LogP) is 3.82. The number of carbonyl (C=O) groups is 4. The van der Waals surface area contributed by atoms with Crippen LogP contribution in [0.25, 0.3) is 10.9 Å². The van der Waals surface area contributed by atoms with Crippen LogP contribution < -0.4 is 5.32 Å². The van der Waals surface area contributed by atoms with E-state index in [0.717, 1.165) is 0 Å². The molecule has 36 heavy (non-hydrogen) atoms. The van der Waals surface area contributed by atoms with Gasteiger partial charge in [-0.15, -0.1) is 0 Å². The van der Waals surface area contributed by atoms with Crippen LogP contribution >= 0.6 is 0 Å². The molecule has 2 aromatic carbocycles. The van der Waals surface area contributed by atoms with E-state index in [1.54, 1.807) is 56.0 Å².